The summed E-state index contributed by atoms with van der Waals surface area (Å²) in [5, 5.41) is 13.6. The van der Waals surface area contributed by atoms with Crippen molar-refractivity contribution in [1.82, 2.24) is 4.98 Å². The van der Waals surface area contributed by atoms with Gasteiger partial charge in [-0.15, -0.1) is 11.3 Å². The van der Waals surface area contributed by atoms with Crippen LogP contribution in [-0.2, 0) is 14.3 Å². The molecule has 3 N–H and O–H groups in total. The molecule has 0 spiro atoms. The Hall–Kier alpha value is -1.83. The molecule has 2 rings (SSSR count). The number of carbonyl (C=O) groups is 2. The molecular formula is C26H43NO5S. The van der Waals surface area contributed by atoms with Crippen LogP contribution >= 0.6 is 11.3 Å². The van der Waals surface area contributed by atoms with Crippen molar-refractivity contribution in [3.05, 3.63) is 33.3 Å². The summed E-state index contributed by atoms with van der Waals surface area (Å²) in [5.74, 6) is -0.933. The van der Waals surface area contributed by atoms with Crippen molar-refractivity contribution in [2.75, 3.05) is 0 Å². The first-order valence-corrected chi connectivity index (χ1v) is 12.6. The fourth-order valence-electron chi connectivity index (χ4n) is 4.19. The number of cyclic esters (lactones) is 1. The van der Waals surface area contributed by atoms with Crippen LogP contribution in [0.1, 0.15) is 85.3 Å². The molecule has 0 fully saturated rings. The largest absolute Gasteiger partial charge is 0.457 e. The van der Waals surface area contributed by atoms with Crippen LogP contribution in [0.4, 0.5) is 0 Å². The van der Waals surface area contributed by atoms with Gasteiger partial charge in [-0.2, -0.15) is 0 Å². The Morgan fingerprint density at radius 1 is 1.21 bits per heavy atom. The van der Waals surface area contributed by atoms with Gasteiger partial charge in [0.2, 0.25) is 0 Å². The van der Waals surface area contributed by atoms with Crippen molar-refractivity contribution < 1.29 is 26.3 Å². The van der Waals surface area contributed by atoms with Crippen LogP contribution in [0.2, 0.25) is 0 Å². The molecule has 0 saturated carbocycles. The maximum Gasteiger partial charge on any atom is 0.306 e. The van der Waals surface area contributed by atoms with Gasteiger partial charge in [0.05, 0.1) is 16.8 Å². The number of hydrogen-bond donors (Lipinski definition) is 1. The van der Waals surface area contributed by atoms with Crippen molar-refractivity contribution in [2.24, 2.45) is 17.8 Å². The molecule has 1 aromatic rings. The van der Waals surface area contributed by atoms with E-state index in [1.807, 2.05) is 39.2 Å². The molecule has 5 atom stereocenters. The molecular weight excluding hydrogens is 438 g/mol. The van der Waals surface area contributed by atoms with E-state index in [9.17, 15) is 14.7 Å². The normalized spacial score (nSPS) is 30.7. The molecule has 0 aliphatic carbocycles. The van der Waals surface area contributed by atoms with Gasteiger partial charge in [0.25, 0.3) is 0 Å². The minimum Gasteiger partial charge on any atom is -0.457 e. The Labute approximate surface area is 203 Å². The number of Topliss-reactive ketones (excluding diaryl/α,β-unsaturated/α-hetero) is 1. The molecule has 0 saturated heterocycles. The van der Waals surface area contributed by atoms with Crippen LogP contribution in [0.3, 0.4) is 0 Å². The minimum atomic E-state index is -0.652. The van der Waals surface area contributed by atoms with Crippen LogP contribution in [-0.4, -0.2) is 39.5 Å². The summed E-state index contributed by atoms with van der Waals surface area (Å²) in [5.41, 5.74) is 3.09. The molecule has 188 valence electrons. The van der Waals surface area contributed by atoms with Gasteiger partial charge in [0.1, 0.15) is 11.9 Å². The lowest BCUT2D eigenvalue weighted by Gasteiger charge is -2.26. The number of rotatable bonds is 2. The van der Waals surface area contributed by atoms with E-state index in [0.717, 1.165) is 35.5 Å². The highest BCUT2D eigenvalue weighted by Gasteiger charge is 2.30. The predicted molar refractivity (Wildman–Crippen MR) is 136 cm³/mol. The zero-order valence-electron chi connectivity index (χ0n) is 20.9. The van der Waals surface area contributed by atoms with Crippen molar-refractivity contribution in [3.63, 3.8) is 0 Å². The van der Waals surface area contributed by atoms with E-state index in [0.29, 0.717) is 12.8 Å². The molecule has 1 unspecified atom stereocenters. The van der Waals surface area contributed by atoms with Crippen molar-refractivity contribution in [1.29, 1.82) is 0 Å². The third-order valence-electron chi connectivity index (χ3n) is 6.52. The molecule has 1 aromatic heterocycles. The second kappa shape index (κ2) is 13.8. The monoisotopic (exact) mass is 481 g/mol. The highest BCUT2D eigenvalue weighted by molar-refractivity contribution is 7.09. The third-order valence-corrected chi connectivity index (χ3v) is 7.31. The number of allylic oxidation sites excluding steroid dienone is 1. The first-order chi connectivity index (χ1) is 15.1. The lowest BCUT2D eigenvalue weighted by Crippen LogP contribution is -2.34. The molecule has 0 radical (unpaired) electrons. The van der Waals surface area contributed by atoms with E-state index in [1.54, 1.807) is 18.3 Å². The molecule has 0 bridgehead atoms. The van der Waals surface area contributed by atoms with E-state index in [4.69, 9.17) is 4.74 Å². The number of aromatic nitrogens is 1. The number of esters is 1. The van der Waals surface area contributed by atoms with Gasteiger partial charge in [-0.05, 0) is 64.0 Å². The number of carbonyl (C=O) groups excluding carboxylic acids is 2. The summed E-state index contributed by atoms with van der Waals surface area (Å²) in [6.45, 7) is 11.7. The van der Waals surface area contributed by atoms with Gasteiger partial charge in [-0.1, -0.05) is 32.4 Å². The highest BCUT2D eigenvalue weighted by atomic mass is 32.1. The topological polar surface area (TPSA) is 108 Å². The summed E-state index contributed by atoms with van der Waals surface area (Å²) < 4.78 is 5.85. The number of aliphatic hydroxyl groups is 1. The van der Waals surface area contributed by atoms with Crippen molar-refractivity contribution in [3.8, 4) is 0 Å². The molecule has 1 aliphatic rings. The van der Waals surface area contributed by atoms with E-state index in [-0.39, 0.29) is 43.0 Å². The Morgan fingerprint density at radius 3 is 2.55 bits per heavy atom. The lowest BCUT2D eigenvalue weighted by atomic mass is 9.82. The first kappa shape index (κ1) is 29.2. The van der Waals surface area contributed by atoms with E-state index >= 15 is 0 Å². The number of thiazole rings is 1. The second-order valence-corrected chi connectivity index (χ2v) is 10.5. The summed E-state index contributed by atoms with van der Waals surface area (Å²) in [4.78, 5) is 29.9. The number of nitrogens with zero attached hydrogens (tertiary/aromatic N) is 1. The third kappa shape index (κ3) is 9.14. The maximum atomic E-state index is 12.8. The van der Waals surface area contributed by atoms with Crippen LogP contribution in [0.15, 0.2) is 22.6 Å². The van der Waals surface area contributed by atoms with Crippen LogP contribution < -0.4 is 0 Å². The van der Waals surface area contributed by atoms with Crippen LogP contribution in [0.5, 0.6) is 0 Å². The Bertz CT molecular complexity index is 850. The second-order valence-electron chi connectivity index (χ2n) is 9.44. The summed E-state index contributed by atoms with van der Waals surface area (Å²) in [6, 6.07) is 0. The van der Waals surface area contributed by atoms with Crippen LogP contribution in [0.25, 0.3) is 6.08 Å². The maximum absolute atomic E-state index is 12.8. The van der Waals surface area contributed by atoms with E-state index in [2.05, 4.69) is 18.0 Å². The van der Waals surface area contributed by atoms with E-state index < -0.39 is 12.0 Å². The average Bonchev–Trinajstić information content (AvgIpc) is 3.16. The van der Waals surface area contributed by atoms with Gasteiger partial charge in [-0.25, -0.2) is 4.98 Å². The van der Waals surface area contributed by atoms with Gasteiger partial charge in [-0.3, -0.25) is 9.59 Å². The number of ether oxygens (including phenoxy) is 1. The lowest BCUT2D eigenvalue weighted by molar-refractivity contribution is -0.147. The van der Waals surface area contributed by atoms with E-state index in [1.165, 1.54) is 5.57 Å². The molecule has 2 heterocycles. The smallest absolute Gasteiger partial charge is 0.306 e. The number of hydrogen-bond acceptors (Lipinski definition) is 6. The fourth-order valence-corrected chi connectivity index (χ4v) is 4.76. The summed E-state index contributed by atoms with van der Waals surface area (Å²) >= 11 is 1.60. The quantitative estimate of drug-likeness (QED) is 0.454. The predicted octanol–water partition coefficient (Wildman–Crippen LogP) is 5.33. The van der Waals surface area contributed by atoms with Crippen LogP contribution in [0, 0.1) is 24.7 Å². The van der Waals surface area contributed by atoms with Gasteiger partial charge in [0, 0.05) is 31.5 Å². The van der Waals surface area contributed by atoms with Crippen molar-refractivity contribution in [2.45, 2.75) is 92.3 Å². The summed E-state index contributed by atoms with van der Waals surface area (Å²) in [6.07, 6.45) is 7.12. The fraction of sp³-hybridized carbons (Fsp3) is 0.654. The molecule has 7 heteroatoms. The molecule has 1 aliphatic heterocycles. The minimum absolute atomic E-state index is 0. The Morgan fingerprint density at radius 2 is 1.91 bits per heavy atom. The molecule has 0 aromatic carbocycles. The standard InChI is InChI=1S/C26H39NO4S.H2O.H2/c1-16-8-7-9-17(2)25(29)20(5)26(30)18(3)11-13-24(28)31-23(12-10-16)19(4)14-22-15-32-21(6)27-22;;/h10,14-15,17-18,20,23,25,29H,7-9,11-13H2,1-6H3;1H2;1H/b16-10-,19-14+;;/t17-,18+,20+,23?,25-;;/m0../s1. The Kier molecular flexibility index (Phi) is 12.2. The van der Waals surface area contributed by atoms with Gasteiger partial charge >= 0.3 is 5.97 Å². The first-order valence-electron chi connectivity index (χ1n) is 11.8. The number of ketones is 1. The molecule has 6 nitrogen and oxygen atoms in total. The number of aliphatic hydroxyl groups excluding tert-OH is 1. The Balaban J connectivity index is 0.00000544. The summed E-state index contributed by atoms with van der Waals surface area (Å²) in [7, 11) is 0. The van der Waals surface area contributed by atoms with Gasteiger partial charge in [0.15, 0.2) is 0 Å². The molecule has 33 heavy (non-hydrogen) atoms. The highest BCUT2D eigenvalue weighted by Crippen LogP contribution is 2.26. The zero-order chi connectivity index (χ0) is 23.8. The SMILES string of the molecule is C/C1=C/CC(/C(C)=C/c2csc(C)n2)OC(=O)CC[C@@H](C)C(=O)[C@H](C)[C@@H](O)[C@@H](C)CCC1.O.[HH]. The molecule has 0 amide bonds. The zero-order valence-corrected chi connectivity index (χ0v) is 21.7. The number of aryl methyl sites for hydroxylation is 1. The average molecular weight is 482 g/mol. The van der Waals surface area contributed by atoms with Gasteiger partial charge < -0.3 is 15.3 Å². The van der Waals surface area contributed by atoms with Crippen molar-refractivity contribution >= 4 is 29.2 Å².